The largest absolute Gasteiger partial charge is 0.376 e. The minimum Gasteiger partial charge on any atom is -0.376 e. The van der Waals surface area contributed by atoms with Crippen molar-refractivity contribution in [3.63, 3.8) is 0 Å². The third-order valence-corrected chi connectivity index (χ3v) is 1.07. The second-order valence-electron chi connectivity index (χ2n) is 1.86. The van der Waals surface area contributed by atoms with Gasteiger partial charge in [-0.15, -0.1) is 0 Å². The van der Waals surface area contributed by atoms with E-state index >= 15 is 0 Å². The molecule has 0 spiro atoms. The van der Waals surface area contributed by atoms with Crippen LogP contribution in [0.4, 0.5) is 0 Å². The van der Waals surface area contributed by atoms with Crippen LogP contribution in [0.1, 0.15) is 0 Å². The number of allylic oxidation sites excluding steroid dienone is 1. The fourth-order valence-electron chi connectivity index (χ4n) is 0.564. The van der Waals surface area contributed by atoms with Gasteiger partial charge in [-0.1, -0.05) is 0 Å². The van der Waals surface area contributed by atoms with E-state index in [1.807, 2.05) is 11.9 Å². The highest BCUT2D eigenvalue weighted by atomic mass is 16.3. The number of hydrogen-bond acceptors (Lipinski definition) is 1. The van der Waals surface area contributed by atoms with E-state index in [0.717, 1.165) is 6.54 Å². The van der Waals surface area contributed by atoms with Gasteiger partial charge in [0.05, 0.1) is 0 Å². The van der Waals surface area contributed by atoms with Crippen LogP contribution >= 0.6 is 0 Å². The molecule has 2 nitrogen and oxygen atoms in total. The molecule has 1 rings (SSSR count). The maximum absolute atomic E-state index is 10.4. The Labute approximate surface area is 48.7 Å². The molecule has 43 valence electrons. The SMILES string of the molecule is CN1C=CC([O])=CC1. The monoisotopic (exact) mass is 110 g/mol. The zero-order valence-corrected chi connectivity index (χ0v) is 4.79. The second kappa shape index (κ2) is 1.90. The Morgan fingerprint density at radius 1 is 1.75 bits per heavy atom. The third kappa shape index (κ3) is 1.03. The maximum atomic E-state index is 10.4. The Hall–Kier alpha value is -0.920. The first kappa shape index (κ1) is 5.22. The van der Waals surface area contributed by atoms with Crippen molar-refractivity contribution in [2.24, 2.45) is 0 Å². The van der Waals surface area contributed by atoms with Crippen molar-refractivity contribution in [1.29, 1.82) is 0 Å². The summed E-state index contributed by atoms with van der Waals surface area (Å²) in [4.78, 5) is 1.95. The van der Waals surface area contributed by atoms with Gasteiger partial charge in [0.1, 0.15) is 0 Å². The molecule has 0 aromatic carbocycles. The molecule has 0 N–H and O–H groups in total. The van der Waals surface area contributed by atoms with Crippen LogP contribution < -0.4 is 0 Å². The molecule has 0 fully saturated rings. The van der Waals surface area contributed by atoms with E-state index in [1.54, 1.807) is 18.4 Å². The molecule has 0 aliphatic carbocycles. The molecule has 0 aromatic heterocycles. The number of likely N-dealkylation sites (N-methyl/N-ethyl adjacent to an activating group) is 1. The predicted molar refractivity (Wildman–Crippen MR) is 30.5 cm³/mol. The zero-order valence-electron chi connectivity index (χ0n) is 4.79. The van der Waals surface area contributed by atoms with E-state index in [4.69, 9.17) is 0 Å². The first-order valence-corrected chi connectivity index (χ1v) is 2.54. The summed E-state index contributed by atoms with van der Waals surface area (Å²) in [5, 5.41) is 10.4. The Morgan fingerprint density at radius 2 is 2.50 bits per heavy atom. The average Bonchev–Trinajstić information content (AvgIpc) is 1.77. The van der Waals surface area contributed by atoms with Crippen LogP contribution in [-0.2, 0) is 5.11 Å². The normalized spacial score (nSPS) is 18.6. The molecule has 0 bridgehead atoms. The van der Waals surface area contributed by atoms with Gasteiger partial charge in [-0.3, -0.25) is 5.11 Å². The molecule has 0 aromatic rings. The number of nitrogens with zero attached hydrogens (tertiary/aromatic N) is 1. The van der Waals surface area contributed by atoms with Gasteiger partial charge in [0.2, 0.25) is 0 Å². The van der Waals surface area contributed by atoms with E-state index in [9.17, 15) is 5.11 Å². The smallest absolute Gasteiger partial charge is 0.177 e. The van der Waals surface area contributed by atoms with Crippen molar-refractivity contribution in [2.45, 2.75) is 0 Å². The van der Waals surface area contributed by atoms with E-state index < -0.39 is 0 Å². The van der Waals surface area contributed by atoms with Crippen LogP contribution in [0.15, 0.2) is 24.1 Å². The summed E-state index contributed by atoms with van der Waals surface area (Å²) in [6, 6.07) is 0. The lowest BCUT2D eigenvalue weighted by molar-refractivity contribution is 0.304. The van der Waals surface area contributed by atoms with Gasteiger partial charge >= 0.3 is 0 Å². The molecule has 2 heteroatoms. The van der Waals surface area contributed by atoms with Gasteiger partial charge in [-0.2, -0.15) is 0 Å². The standard InChI is InChI=1S/C6H8NO/c1-7-4-2-6(8)3-5-7/h2-4H,5H2,1H3. The molecule has 0 saturated carbocycles. The number of rotatable bonds is 0. The van der Waals surface area contributed by atoms with Crippen molar-refractivity contribution < 1.29 is 5.11 Å². The molecular formula is C6H8NO. The summed E-state index contributed by atoms with van der Waals surface area (Å²) < 4.78 is 0. The van der Waals surface area contributed by atoms with Crippen molar-refractivity contribution >= 4 is 0 Å². The zero-order chi connectivity index (χ0) is 5.98. The summed E-state index contributed by atoms with van der Waals surface area (Å²) in [5.74, 6) is 0.114. The van der Waals surface area contributed by atoms with Crippen molar-refractivity contribution in [2.75, 3.05) is 13.6 Å². The van der Waals surface area contributed by atoms with Gasteiger partial charge < -0.3 is 4.90 Å². The molecule has 8 heavy (non-hydrogen) atoms. The molecule has 0 amide bonds. The average molecular weight is 110 g/mol. The first-order valence-electron chi connectivity index (χ1n) is 2.54. The number of hydrogen-bond donors (Lipinski definition) is 0. The molecule has 0 unspecified atom stereocenters. The second-order valence-corrected chi connectivity index (χ2v) is 1.86. The van der Waals surface area contributed by atoms with Crippen LogP contribution in [0.5, 0.6) is 0 Å². The lowest BCUT2D eigenvalue weighted by Gasteiger charge is -2.12. The summed E-state index contributed by atoms with van der Waals surface area (Å²) in [6.07, 6.45) is 4.99. The van der Waals surface area contributed by atoms with Gasteiger partial charge in [0.15, 0.2) is 5.76 Å². The Kier molecular flexibility index (Phi) is 1.24. The summed E-state index contributed by atoms with van der Waals surface area (Å²) >= 11 is 0. The third-order valence-electron chi connectivity index (χ3n) is 1.07. The van der Waals surface area contributed by atoms with Crippen LogP contribution in [-0.4, -0.2) is 18.5 Å². The van der Waals surface area contributed by atoms with E-state index in [1.165, 1.54) is 0 Å². The molecule has 1 aliphatic rings. The van der Waals surface area contributed by atoms with E-state index in [-0.39, 0.29) is 5.76 Å². The molecule has 1 heterocycles. The molecule has 0 saturated heterocycles. The minimum absolute atomic E-state index is 0.114. The fraction of sp³-hybridized carbons (Fsp3) is 0.333. The quantitative estimate of drug-likeness (QED) is 0.451. The molecule has 1 radical (unpaired) electrons. The lowest BCUT2D eigenvalue weighted by atomic mass is 10.3. The predicted octanol–water partition coefficient (Wildman–Crippen LogP) is 0.760. The molecule has 0 atom stereocenters. The van der Waals surface area contributed by atoms with Crippen LogP contribution in [0.3, 0.4) is 0 Å². The van der Waals surface area contributed by atoms with Crippen LogP contribution in [0.25, 0.3) is 0 Å². The highest BCUT2D eigenvalue weighted by Gasteiger charge is 1.96. The highest BCUT2D eigenvalue weighted by molar-refractivity contribution is 5.14. The maximum Gasteiger partial charge on any atom is 0.177 e. The fourth-order valence-corrected chi connectivity index (χ4v) is 0.564. The Bertz CT molecular complexity index is 137. The van der Waals surface area contributed by atoms with Crippen molar-refractivity contribution in [3.05, 3.63) is 24.1 Å². The van der Waals surface area contributed by atoms with E-state index in [0.29, 0.717) is 0 Å². The van der Waals surface area contributed by atoms with Crippen LogP contribution in [0.2, 0.25) is 0 Å². The summed E-state index contributed by atoms with van der Waals surface area (Å²) in [7, 11) is 1.93. The van der Waals surface area contributed by atoms with Gasteiger partial charge in [0.25, 0.3) is 0 Å². The highest BCUT2D eigenvalue weighted by Crippen LogP contribution is 2.00. The molecular weight excluding hydrogens is 102 g/mol. The lowest BCUT2D eigenvalue weighted by Crippen LogP contribution is -2.12. The van der Waals surface area contributed by atoms with Gasteiger partial charge in [0, 0.05) is 25.9 Å². The minimum atomic E-state index is 0.114. The molecule has 1 aliphatic heterocycles. The topological polar surface area (TPSA) is 23.1 Å². The van der Waals surface area contributed by atoms with Crippen molar-refractivity contribution in [1.82, 2.24) is 4.90 Å². The van der Waals surface area contributed by atoms with E-state index in [2.05, 4.69) is 0 Å². The first-order chi connectivity index (χ1) is 3.79. The summed E-state index contributed by atoms with van der Waals surface area (Å²) in [6.45, 7) is 0.745. The Morgan fingerprint density at radius 3 is 2.88 bits per heavy atom. The van der Waals surface area contributed by atoms with Gasteiger partial charge in [-0.05, 0) is 6.08 Å². The van der Waals surface area contributed by atoms with Crippen LogP contribution in [0, 0.1) is 0 Å². The van der Waals surface area contributed by atoms with Crippen molar-refractivity contribution in [3.8, 4) is 0 Å². The Balaban J connectivity index is 2.58. The summed E-state index contributed by atoms with van der Waals surface area (Å²) in [5.41, 5.74) is 0. The van der Waals surface area contributed by atoms with Gasteiger partial charge in [-0.25, -0.2) is 0 Å².